The van der Waals surface area contributed by atoms with Crippen molar-refractivity contribution >= 4 is 32.9 Å². The van der Waals surface area contributed by atoms with E-state index in [-0.39, 0.29) is 18.4 Å². The number of piperidine rings is 1. The number of fused-ring (bicyclic) bond motifs is 1. The number of carbonyl (C=O) groups is 1. The quantitative estimate of drug-likeness (QED) is 0.858. The van der Waals surface area contributed by atoms with Crippen molar-refractivity contribution in [1.82, 2.24) is 19.9 Å². The molecule has 0 saturated carbocycles. The number of hydrogen-bond acceptors (Lipinski definition) is 5. The van der Waals surface area contributed by atoms with Gasteiger partial charge in [-0.2, -0.15) is 0 Å². The number of ketones is 1. The van der Waals surface area contributed by atoms with Crippen molar-refractivity contribution in [3.63, 3.8) is 0 Å². The molecule has 2 aromatic heterocycles. The molecule has 0 unspecified atom stereocenters. The van der Waals surface area contributed by atoms with Crippen molar-refractivity contribution in [3.05, 3.63) is 22.6 Å². The Morgan fingerprint density at radius 1 is 1.55 bits per heavy atom. The minimum atomic E-state index is -0.437. The van der Waals surface area contributed by atoms with E-state index in [4.69, 9.17) is 0 Å². The first-order valence-electron chi connectivity index (χ1n) is 7.45. The van der Waals surface area contributed by atoms with Crippen LogP contribution in [0.1, 0.15) is 24.8 Å². The van der Waals surface area contributed by atoms with Gasteiger partial charge in [-0.25, -0.2) is 9.97 Å². The fourth-order valence-electron chi connectivity index (χ4n) is 2.86. The molecule has 0 spiro atoms. The molecule has 1 aliphatic rings. The summed E-state index contributed by atoms with van der Waals surface area (Å²) in [4.78, 5) is 21.0. The van der Waals surface area contributed by atoms with E-state index >= 15 is 0 Å². The highest BCUT2D eigenvalue weighted by atomic mass is 79.9. The van der Waals surface area contributed by atoms with Crippen LogP contribution in [-0.4, -0.2) is 44.1 Å². The van der Waals surface area contributed by atoms with E-state index in [2.05, 4.69) is 31.2 Å². The molecule has 2 atom stereocenters. The SMILES string of the molecule is Cc1c(Br)cnc2c1ncn2CC(=O)C[C@H]1NCCC[C@@H]1O. The van der Waals surface area contributed by atoms with Gasteiger partial charge in [0.1, 0.15) is 5.52 Å². The zero-order valence-electron chi connectivity index (χ0n) is 12.4. The molecule has 3 rings (SSSR count). The maximum Gasteiger partial charge on any atom is 0.160 e. The lowest BCUT2D eigenvalue weighted by atomic mass is 9.97. The molecule has 6 nitrogen and oxygen atoms in total. The molecule has 3 heterocycles. The molecule has 7 heteroatoms. The predicted molar refractivity (Wildman–Crippen MR) is 86.6 cm³/mol. The highest BCUT2D eigenvalue weighted by Gasteiger charge is 2.25. The molecule has 2 aromatic rings. The van der Waals surface area contributed by atoms with Gasteiger partial charge in [-0.15, -0.1) is 0 Å². The predicted octanol–water partition coefficient (Wildman–Crippen LogP) is 1.57. The molecular formula is C15H19BrN4O2. The Morgan fingerprint density at radius 3 is 3.14 bits per heavy atom. The lowest BCUT2D eigenvalue weighted by Crippen LogP contribution is -2.46. The Morgan fingerprint density at radius 2 is 2.36 bits per heavy atom. The van der Waals surface area contributed by atoms with Gasteiger partial charge in [0, 0.05) is 23.1 Å². The number of aliphatic hydroxyl groups excluding tert-OH is 1. The number of rotatable bonds is 4. The van der Waals surface area contributed by atoms with E-state index < -0.39 is 6.10 Å². The van der Waals surface area contributed by atoms with Gasteiger partial charge >= 0.3 is 0 Å². The molecular weight excluding hydrogens is 348 g/mol. The molecule has 0 radical (unpaired) electrons. The first-order valence-corrected chi connectivity index (χ1v) is 8.24. The molecule has 1 saturated heterocycles. The van der Waals surface area contributed by atoms with Gasteiger partial charge in [-0.3, -0.25) is 4.79 Å². The van der Waals surface area contributed by atoms with Gasteiger partial charge in [0.25, 0.3) is 0 Å². The summed E-state index contributed by atoms with van der Waals surface area (Å²) in [5.41, 5.74) is 2.53. The second-order valence-electron chi connectivity index (χ2n) is 5.79. The maximum atomic E-state index is 12.3. The van der Waals surface area contributed by atoms with E-state index in [0.717, 1.165) is 34.9 Å². The van der Waals surface area contributed by atoms with E-state index in [9.17, 15) is 9.90 Å². The lowest BCUT2D eigenvalue weighted by Gasteiger charge is -2.28. The summed E-state index contributed by atoms with van der Waals surface area (Å²) in [6.45, 7) is 3.06. The molecule has 0 aromatic carbocycles. The summed E-state index contributed by atoms with van der Waals surface area (Å²) in [7, 11) is 0. The van der Waals surface area contributed by atoms with Crippen LogP contribution < -0.4 is 5.32 Å². The Kier molecular flexibility index (Phi) is 4.56. The zero-order chi connectivity index (χ0) is 15.7. The molecule has 0 bridgehead atoms. The Balaban J connectivity index is 1.73. The highest BCUT2D eigenvalue weighted by Crippen LogP contribution is 2.22. The first kappa shape index (κ1) is 15.6. The number of imidazole rings is 1. The summed E-state index contributed by atoms with van der Waals surface area (Å²) in [6.07, 6.45) is 4.99. The Hall–Kier alpha value is -1.31. The van der Waals surface area contributed by atoms with Crippen LogP contribution in [0, 0.1) is 6.92 Å². The standard InChI is InChI=1S/C15H19BrN4O2/c1-9-11(16)6-18-15-14(9)19-8-20(15)7-10(21)5-12-13(22)3-2-4-17-12/h6,8,12-13,17,22H,2-5,7H2,1H3/t12-,13+/m1/s1. The molecule has 1 fully saturated rings. The lowest BCUT2D eigenvalue weighted by molar-refractivity contribution is -0.121. The van der Waals surface area contributed by atoms with Crippen LogP contribution in [0.5, 0.6) is 0 Å². The van der Waals surface area contributed by atoms with Gasteiger partial charge in [0.15, 0.2) is 11.4 Å². The van der Waals surface area contributed by atoms with Crippen molar-refractivity contribution in [2.75, 3.05) is 6.54 Å². The second-order valence-corrected chi connectivity index (χ2v) is 6.64. The number of hydrogen-bond donors (Lipinski definition) is 2. The number of nitrogens with one attached hydrogen (secondary N) is 1. The van der Waals surface area contributed by atoms with Gasteiger partial charge in [0.2, 0.25) is 0 Å². The number of nitrogens with zero attached hydrogens (tertiary/aromatic N) is 3. The van der Waals surface area contributed by atoms with Crippen LogP contribution in [-0.2, 0) is 11.3 Å². The van der Waals surface area contributed by atoms with Crippen molar-refractivity contribution < 1.29 is 9.90 Å². The van der Waals surface area contributed by atoms with Crippen molar-refractivity contribution in [3.8, 4) is 0 Å². The zero-order valence-corrected chi connectivity index (χ0v) is 14.0. The van der Waals surface area contributed by atoms with E-state index in [1.54, 1.807) is 17.1 Å². The van der Waals surface area contributed by atoms with E-state index in [0.29, 0.717) is 12.1 Å². The third-order valence-electron chi connectivity index (χ3n) is 4.17. The highest BCUT2D eigenvalue weighted by molar-refractivity contribution is 9.10. The Labute approximate surface area is 137 Å². The van der Waals surface area contributed by atoms with Crippen molar-refractivity contribution in [2.45, 2.75) is 44.9 Å². The summed E-state index contributed by atoms with van der Waals surface area (Å²) < 4.78 is 2.68. The smallest absolute Gasteiger partial charge is 0.160 e. The summed E-state index contributed by atoms with van der Waals surface area (Å²) in [5.74, 6) is 0.0696. The molecule has 1 aliphatic heterocycles. The van der Waals surface area contributed by atoms with Crippen LogP contribution in [0.3, 0.4) is 0 Å². The monoisotopic (exact) mass is 366 g/mol. The molecule has 0 amide bonds. The van der Waals surface area contributed by atoms with Crippen LogP contribution in [0.25, 0.3) is 11.2 Å². The minimum absolute atomic E-state index is 0.0696. The van der Waals surface area contributed by atoms with Crippen LogP contribution in [0.4, 0.5) is 0 Å². The fourth-order valence-corrected chi connectivity index (χ4v) is 3.15. The Bertz CT molecular complexity index is 700. The normalized spacial score (nSPS) is 22.1. The summed E-state index contributed by atoms with van der Waals surface area (Å²) >= 11 is 3.43. The van der Waals surface area contributed by atoms with E-state index in [1.807, 2.05) is 6.92 Å². The number of pyridine rings is 1. The van der Waals surface area contributed by atoms with Crippen LogP contribution in [0.2, 0.25) is 0 Å². The van der Waals surface area contributed by atoms with Gasteiger partial charge in [-0.05, 0) is 47.8 Å². The number of carbonyl (C=O) groups excluding carboxylic acids is 1. The number of aryl methyl sites for hydroxylation is 1. The van der Waals surface area contributed by atoms with Gasteiger partial charge in [-0.1, -0.05) is 0 Å². The van der Waals surface area contributed by atoms with Crippen molar-refractivity contribution in [2.24, 2.45) is 0 Å². The topological polar surface area (TPSA) is 80.0 Å². The average Bonchev–Trinajstić information content (AvgIpc) is 2.89. The molecule has 118 valence electrons. The number of halogens is 1. The molecule has 0 aliphatic carbocycles. The maximum absolute atomic E-state index is 12.3. The van der Waals surface area contributed by atoms with E-state index in [1.165, 1.54) is 0 Å². The summed E-state index contributed by atoms with van der Waals surface area (Å²) in [6, 6.07) is -0.139. The van der Waals surface area contributed by atoms with Crippen LogP contribution in [0.15, 0.2) is 17.0 Å². The van der Waals surface area contributed by atoms with Crippen LogP contribution >= 0.6 is 15.9 Å². The van der Waals surface area contributed by atoms with Gasteiger partial charge in [0.05, 0.1) is 19.0 Å². The third kappa shape index (κ3) is 3.06. The number of aromatic nitrogens is 3. The second kappa shape index (κ2) is 6.44. The minimum Gasteiger partial charge on any atom is -0.391 e. The van der Waals surface area contributed by atoms with Gasteiger partial charge < -0.3 is 15.0 Å². The summed E-state index contributed by atoms with van der Waals surface area (Å²) in [5, 5.41) is 13.1. The third-order valence-corrected chi connectivity index (χ3v) is 4.97. The largest absolute Gasteiger partial charge is 0.391 e. The molecule has 2 N–H and O–H groups in total. The number of aliphatic hydroxyl groups is 1. The molecule has 22 heavy (non-hydrogen) atoms. The average molecular weight is 367 g/mol. The number of Topliss-reactive ketones (excluding diaryl/α,β-unsaturated/α-hetero) is 1. The first-order chi connectivity index (χ1) is 10.6. The fraction of sp³-hybridized carbons (Fsp3) is 0.533. The van der Waals surface area contributed by atoms with Crippen molar-refractivity contribution in [1.29, 1.82) is 0 Å².